The fourth-order valence-electron chi connectivity index (χ4n) is 2.67. The largest absolute Gasteiger partial charge is 0.444 e. The van der Waals surface area contributed by atoms with Gasteiger partial charge in [0, 0.05) is 12.6 Å². The quantitative estimate of drug-likeness (QED) is 0.911. The minimum Gasteiger partial charge on any atom is -0.444 e. The van der Waals surface area contributed by atoms with Crippen molar-refractivity contribution in [1.82, 2.24) is 4.90 Å². The number of piperidine rings is 1. The molecular weight excluding hydrogens is 266 g/mol. The van der Waals surface area contributed by atoms with E-state index in [1.54, 1.807) is 4.90 Å². The molecule has 0 spiro atoms. The van der Waals surface area contributed by atoms with Gasteiger partial charge in [0.05, 0.1) is 6.10 Å². The Balaban J connectivity index is 2.08. The molecule has 4 heteroatoms. The molecule has 1 aliphatic heterocycles. The second-order valence-corrected chi connectivity index (χ2v) is 6.70. The normalized spacial score (nSPS) is 23.0. The minimum absolute atomic E-state index is 0.00833. The Bertz CT molecular complexity index is 467. The summed E-state index contributed by atoms with van der Waals surface area (Å²) in [5.74, 6) is 0. The number of carbonyl (C=O) groups excluding carboxylic acids is 1. The average molecular weight is 291 g/mol. The number of carbonyl (C=O) groups is 1. The number of rotatable bonds is 2. The number of amides is 1. The molecule has 1 amide bonds. The number of hydrogen-bond donors (Lipinski definition) is 1. The fraction of sp³-hybridized carbons (Fsp3) is 0.588. The van der Waals surface area contributed by atoms with Crippen molar-refractivity contribution < 1.29 is 14.6 Å². The molecule has 2 atom stereocenters. The number of aliphatic hydroxyl groups is 1. The molecule has 0 aromatic heterocycles. The molecule has 0 aliphatic carbocycles. The Morgan fingerprint density at radius 2 is 2.00 bits per heavy atom. The van der Waals surface area contributed by atoms with E-state index in [-0.39, 0.29) is 18.2 Å². The molecule has 2 unspecified atom stereocenters. The van der Waals surface area contributed by atoms with Gasteiger partial charge in [-0.2, -0.15) is 0 Å². The van der Waals surface area contributed by atoms with Gasteiger partial charge in [0.1, 0.15) is 5.60 Å². The zero-order valence-electron chi connectivity index (χ0n) is 13.1. The van der Waals surface area contributed by atoms with Crippen LogP contribution >= 0.6 is 0 Å². The van der Waals surface area contributed by atoms with E-state index in [2.05, 4.69) is 0 Å². The second kappa shape index (κ2) is 6.48. The molecule has 1 fully saturated rings. The molecular formula is C17H25NO3. The number of benzene rings is 1. The SMILES string of the molecule is CC(C)(C)OC(=O)N1CCC(O)CC1Cc1ccccc1. The maximum atomic E-state index is 12.3. The van der Waals surface area contributed by atoms with E-state index in [4.69, 9.17) is 4.74 Å². The molecule has 0 bridgehead atoms. The van der Waals surface area contributed by atoms with Gasteiger partial charge in [0.25, 0.3) is 0 Å². The summed E-state index contributed by atoms with van der Waals surface area (Å²) in [6, 6.07) is 10.1. The van der Waals surface area contributed by atoms with Crippen LogP contribution in [0.15, 0.2) is 30.3 Å². The Morgan fingerprint density at radius 3 is 2.62 bits per heavy atom. The molecule has 0 saturated carbocycles. The first-order valence-electron chi connectivity index (χ1n) is 7.57. The lowest BCUT2D eigenvalue weighted by molar-refractivity contribution is -0.00767. The van der Waals surface area contributed by atoms with E-state index < -0.39 is 5.60 Å². The van der Waals surface area contributed by atoms with Crippen LogP contribution in [0.3, 0.4) is 0 Å². The average Bonchev–Trinajstić information content (AvgIpc) is 2.37. The monoisotopic (exact) mass is 291 g/mol. The van der Waals surface area contributed by atoms with Crippen LogP contribution in [0.2, 0.25) is 0 Å². The molecule has 1 aromatic rings. The van der Waals surface area contributed by atoms with Gasteiger partial charge in [0.15, 0.2) is 0 Å². The first-order chi connectivity index (χ1) is 9.85. The molecule has 1 N–H and O–H groups in total. The van der Waals surface area contributed by atoms with Gasteiger partial charge < -0.3 is 14.7 Å². The number of nitrogens with zero attached hydrogens (tertiary/aromatic N) is 1. The number of likely N-dealkylation sites (tertiary alicyclic amines) is 1. The predicted octanol–water partition coefficient (Wildman–Crippen LogP) is 2.99. The molecule has 1 aromatic carbocycles. The van der Waals surface area contributed by atoms with Gasteiger partial charge in [-0.15, -0.1) is 0 Å². The summed E-state index contributed by atoms with van der Waals surface area (Å²) < 4.78 is 5.49. The molecule has 4 nitrogen and oxygen atoms in total. The van der Waals surface area contributed by atoms with E-state index in [1.807, 2.05) is 51.1 Å². The summed E-state index contributed by atoms with van der Waals surface area (Å²) in [4.78, 5) is 14.1. The van der Waals surface area contributed by atoms with Gasteiger partial charge >= 0.3 is 6.09 Å². The third-order valence-corrected chi connectivity index (χ3v) is 3.63. The van der Waals surface area contributed by atoms with Gasteiger partial charge in [-0.25, -0.2) is 4.79 Å². The van der Waals surface area contributed by atoms with Crippen molar-refractivity contribution in [1.29, 1.82) is 0 Å². The summed E-state index contributed by atoms with van der Waals surface area (Å²) in [6.07, 6.45) is 1.35. The smallest absolute Gasteiger partial charge is 0.410 e. The van der Waals surface area contributed by atoms with Crippen molar-refractivity contribution in [3.05, 3.63) is 35.9 Å². The first kappa shape index (κ1) is 15.8. The summed E-state index contributed by atoms with van der Waals surface area (Å²) in [5, 5.41) is 9.91. The van der Waals surface area contributed by atoms with Gasteiger partial charge in [0.2, 0.25) is 0 Å². The van der Waals surface area contributed by atoms with Gasteiger partial charge in [-0.05, 0) is 45.6 Å². The summed E-state index contributed by atoms with van der Waals surface area (Å²) >= 11 is 0. The number of aliphatic hydroxyl groups excluding tert-OH is 1. The third-order valence-electron chi connectivity index (χ3n) is 3.63. The van der Waals surface area contributed by atoms with Crippen molar-refractivity contribution in [3.63, 3.8) is 0 Å². The molecule has 1 saturated heterocycles. The van der Waals surface area contributed by atoms with Crippen LogP contribution < -0.4 is 0 Å². The van der Waals surface area contributed by atoms with E-state index in [0.29, 0.717) is 19.4 Å². The number of hydrogen-bond acceptors (Lipinski definition) is 3. The van der Waals surface area contributed by atoms with E-state index in [1.165, 1.54) is 5.56 Å². The zero-order valence-corrected chi connectivity index (χ0v) is 13.1. The minimum atomic E-state index is -0.496. The highest BCUT2D eigenvalue weighted by molar-refractivity contribution is 5.68. The summed E-state index contributed by atoms with van der Waals surface area (Å²) in [7, 11) is 0. The van der Waals surface area contributed by atoms with Crippen molar-refractivity contribution in [2.75, 3.05) is 6.54 Å². The third kappa shape index (κ3) is 4.74. The number of ether oxygens (including phenoxy) is 1. The van der Waals surface area contributed by atoms with Crippen molar-refractivity contribution in [2.24, 2.45) is 0 Å². The van der Waals surface area contributed by atoms with E-state index in [9.17, 15) is 9.90 Å². The van der Waals surface area contributed by atoms with Crippen LogP contribution in [0.4, 0.5) is 4.79 Å². The zero-order chi connectivity index (χ0) is 15.5. The highest BCUT2D eigenvalue weighted by Crippen LogP contribution is 2.23. The Morgan fingerprint density at radius 1 is 1.33 bits per heavy atom. The molecule has 116 valence electrons. The summed E-state index contributed by atoms with van der Waals surface area (Å²) in [6.45, 7) is 6.16. The van der Waals surface area contributed by atoms with Crippen molar-refractivity contribution in [3.8, 4) is 0 Å². The second-order valence-electron chi connectivity index (χ2n) is 6.70. The maximum Gasteiger partial charge on any atom is 0.410 e. The van der Waals surface area contributed by atoms with E-state index >= 15 is 0 Å². The predicted molar refractivity (Wildman–Crippen MR) is 82.1 cm³/mol. The molecule has 2 rings (SSSR count). The topological polar surface area (TPSA) is 49.8 Å². The molecule has 1 aliphatic rings. The van der Waals surface area contributed by atoms with Gasteiger partial charge in [-0.3, -0.25) is 0 Å². The highest BCUT2D eigenvalue weighted by Gasteiger charge is 2.33. The molecule has 0 radical (unpaired) electrons. The molecule has 1 heterocycles. The Labute approximate surface area is 126 Å². The van der Waals surface area contributed by atoms with Crippen LogP contribution in [0, 0.1) is 0 Å². The standard InChI is InChI=1S/C17H25NO3/c1-17(2,3)21-16(20)18-10-9-15(19)12-14(18)11-13-7-5-4-6-8-13/h4-8,14-15,19H,9-12H2,1-3H3. The Hall–Kier alpha value is -1.55. The van der Waals surface area contributed by atoms with Crippen molar-refractivity contribution >= 4 is 6.09 Å². The molecule has 21 heavy (non-hydrogen) atoms. The van der Waals surface area contributed by atoms with Crippen molar-refractivity contribution in [2.45, 2.75) is 57.8 Å². The maximum absolute atomic E-state index is 12.3. The lowest BCUT2D eigenvalue weighted by Gasteiger charge is -2.38. The van der Waals surface area contributed by atoms with Crippen LogP contribution in [-0.2, 0) is 11.2 Å². The summed E-state index contributed by atoms with van der Waals surface area (Å²) in [5.41, 5.74) is 0.676. The fourth-order valence-corrected chi connectivity index (χ4v) is 2.67. The highest BCUT2D eigenvalue weighted by atomic mass is 16.6. The first-order valence-corrected chi connectivity index (χ1v) is 7.57. The van der Waals surface area contributed by atoms with Gasteiger partial charge in [-0.1, -0.05) is 30.3 Å². The van der Waals surface area contributed by atoms with Crippen LogP contribution in [0.25, 0.3) is 0 Å². The van der Waals surface area contributed by atoms with Crippen LogP contribution in [0.5, 0.6) is 0 Å². The van der Waals surface area contributed by atoms with Crippen LogP contribution in [-0.4, -0.2) is 40.4 Å². The van der Waals surface area contributed by atoms with Crippen LogP contribution in [0.1, 0.15) is 39.2 Å². The lowest BCUT2D eigenvalue weighted by Crippen LogP contribution is -2.50. The van der Waals surface area contributed by atoms with E-state index in [0.717, 1.165) is 6.42 Å². The Kier molecular flexibility index (Phi) is 4.88. The lowest BCUT2D eigenvalue weighted by atomic mass is 9.94.